The number of carboxylic acid groups (broad SMARTS) is 1. The number of nitrogens with zero attached hydrogens (tertiary/aromatic N) is 5. The maximum absolute atomic E-state index is 10.6. The molecule has 1 aliphatic heterocycles. The molecular formula is C24H26F3N7O4. The number of aromatic nitrogens is 5. The van der Waals surface area contributed by atoms with Gasteiger partial charge < -0.3 is 25.5 Å². The Morgan fingerprint density at radius 2 is 2.00 bits per heavy atom. The molecule has 1 aromatic carbocycles. The Labute approximate surface area is 214 Å². The molecule has 1 saturated heterocycles. The zero-order valence-electron chi connectivity index (χ0n) is 20.4. The van der Waals surface area contributed by atoms with E-state index in [4.69, 9.17) is 35.0 Å². The lowest BCUT2D eigenvalue weighted by atomic mass is 10.0. The number of nitrogens with one attached hydrogen (secondary N) is 1. The number of piperidine rings is 1. The number of hydrogen-bond donors (Lipinski definition) is 3. The number of nitrogens with two attached hydrogens (primary N) is 1. The average molecular weight is 534 g/mol. The van der Waals surface area contributed by atoms with Gasteiger partial charge in [0.05, 0.1) is 18.5 Å². The van der Waals surface area contributed by atoms with Gasteiger partial charge in [0.25, 0.3) is 0 Å². The number of alkyl halides is 3. The molecule has 0 saturated carbocycles. The molecule has 202 valence electrons. The number of ether oxygens (including phenoxy) is 1. The number of carboxylic acids is 1. The van der Waals surface area contributed by atoms with Crippen LogP contribution < -0.4 is 15.8 Å². The van der Waals surface area contributed by atoms with E-state index in [-0.39, 0.29) is 5.82 Å². The minimum atomic E-state index is -5.08. The van der Waals surface area contributed by atoms with Gasteiger partial charge in [-0.15, -0.1) is 0 Å². The summed E-state index contributed by atoms with van der Waals surface area (Å²) in [4.78, 5) is 18.5. The van der Waals surface area contributed by atoms with Crippen molar-refractivity contribution >= 4 is 22.8 Å². The molecule has 0 spiro atoms. The van der Waals surface area contributed by atoms with E-state index in [0.29, 0.717) is 36.3 Å². The van der Waals surface area contributed by atoms with E-state index in [1.807, 2.05) is 41.8 Å². The first-order valence-electron chi connectivity index (χ1n) is 11.9. The summed E-state index contributed by atoms with van der Waals surface area (Å²) in [6.07, 6.45) is -0.960. The Kier molecular flexibility index (Phi) is 8.10. The first-order valence-corrected chi connectivity index (χ1v) is 11.9. The SMILES string of the molecule is CCn1c(-c2nonc2N)nc2c(-c3ccccc3)ncc(OCC3CCCNC3)c21.O=C(O)C(F)(F)F. The first kappa shape index (κ1) is 26.9. The second kappa shape index (κ2) is 11.5. The molecule has 11 nitrogen and oxygen atoms in total. The Morgan fingerprint density at radius 3 is 2.58 bits per heavy atom. The third kappa shape index (κ3) is 5.85. The third-order valence-corrected chi connectivity index (χ3v) is 5.94. The highest BCUT2D eigenvalue weighted by Crippen LogP contribution is 2.36. The predicted molar refractivity (Wildman–Crippen MR) is 131 cm³/mol. The van der Waals surface area contributed by atoms with Crippen molar-refractivity contribution in [1.82, 2.24) is 30.2 Å². The molecule has 1 fully saturated rings. The third-order valence-electron chi connectivity index (χ3n) is 5.94. The molecule has 3 aromatic heterocycles. The lowest BCUT2D eigenvalue weighted by Crippen LogP contribution is -2.33. The van der Waals surface area contributed by atoms with Gasteiger partial charge in [-0.2, -0.15) is 13.2 Å². The molecule has 1 unspecified atom stereocenters. The minimum absolute atomic E-state index is 0.204. The van der Waals surface area contributed by atoms with Crippen LogP contribution in [-0.2, 0) is 11.3 Å². The van der Waals surface area contributed by atoms with Gasteiger partial charge >= 0.3 is 12.1 Å². The van der Waals surface area contributed by atoms with Gasteiger partial charge in [0.15, 0.2) is 23.1 Å². The van der Waals surface area contributed by atoms with E-state index in [1.54, 1.807) is 6.20 Å². The van der Waals surface area contributed by atoms with Crippen LogP contribution in [0.2, 0.25) is 0 Å². The lowest BCUT2D eigenvalue weighted by molar-refractivity contribution is -0.192. The van der Waals surface area contributed by atoms with E-state index in [0.717, 1.165) is 41.8 Å². The van der Waals surface area contributed by atoms with Crippen LogP contribution in [0.3, 0.4) is 0 Å². The maximum Gasteiger partial charge on any atom is 0.490 e. The number of halogens is 3. The number of rotatable bonds is 6. The van der Waals surface area contributed by atoms with Crippen molar-refractivity contribution in [2.45, 2.75) is 32.5 Å². The number of hydrogen-bond acceptors (Lipinski definition) is 9. The molecule has 14 heteroatoms. The molecule has 4 N–H and O–H groups in total. The summed E-state index contributed by atoms with van der Waals surface area (Å²) in [6.45, 7) is 5.38. The lowest BCUT2D eigenvalue weighted by Gasteiger charge is -2.23. The van der Waals surface area contributed by atoms with Gasteiger partial charge in [-0.25, -0.2) is 19.4 Å². The highest BCUT2D eigenvalue weighted by atomic mass is 19.4. The van der Waals surface area contributed by atoms with Gasteiger partial charge in [0, 0.05) is 24.6 Å². The minimum Gasteiger partial charge on any atom is -0.489 e. The monoisotopic (exact) mass is 533 g/mol. The van der Waals surface area contributed by atoms with E-state index >= 15 is 0 Å². The molecule has 1 atom stereocenters. The topological polar surface area (TPSA) is 154 Å². The number of benzene rings is 1. The van der Waals surface area contributed by atoms with Gasteiger partial charge in [0.2, 0.25) is 0 Å². The zero-order valence-corrected chi connectivity index (χ0v) is 20.4. The number of fused-ring (bicyclic) bond motifs is 1. The fourth-order valence-electron chi connectivity index (χ4n) is 4.14. The highest BCUT2D eigenvalue weighted by Gasteiger charge is 2.38. The number of nitrogen functional groups attached to an aromatic ring is 1. The van der Waals surface area contributed by atoms with Crippen LogP contribution in [-0.4, -0.2) is 61.8 Å². The molecule has 1 aliphatic rings. The molecular weight excluding hydrogens is 507 g/mol. The number of aryl methyl sites for hydroxylation is 1. The molecule has 4 aromatic rings. The Hall–Kier alpha value is -4.20. The Bertz CT molecular complexity index is 1380. The van der Waals surface area contributed by atoms with E-state index in [9.17, 15) is 13.2 Å². The van der Waals surface area contributed by atoms with Crippen LogP contribution >= 0.6 is 0 Å². The molecule has 0 bridgehead atoms. The van der Waals surface area contributed by atoms with E-state index in [2.05, 4.69) is 15.6 Å². The van der Waals surface area contributed by atoms with E-state index < -0.39 is 12.1 Å². The average Bonchev–Trinajstić information content (AvgIpc) is 3.51. The maximum atomic E-state index is 10.6. The molecule has 0 radical (unpaired) electrons. The van der Waals surface area contributed by atoms with Crippen molar-refractivity contribution in [1.29, 1.82) is 0 Å². The highest BCUT2D eigenvalue weighted by molar-refractivity contribution is 5.95. The molecule has 38 heavy (non-hydrogen) atoms. The number of carbonyl (C=O) groups is 1. The van der Waals surface area contributed by atoms with Gasteiger partial charge in [-0.1, -0.05) is 30.3 Å². The predicted octanol–water partition coefficient (Wildman–Crippen LogP) is 3.76. The van der Waals surface area contributed by atoms with Crippen LogP contribution in [0.5, 0.6) is 5.75 Å². The number of pyridine rings is 1. The normalized spacial score (nSPS) is 15.6. The van der Waals surface area contributed by atoms with Gasteiger partial charge in [0.1, 0.15) is 11.0 Å². The van der Waals surface area contributed by atoms with E-state index in [1.165, 1.54) is 6.42 Å². The summed E-state index contributed by atoms with van der Waals surface area (Å²) in [5.41, 5.74) is 9.78. The van der Waals surface area contributed by atoms with Crippen molar-refractivity contribution in [2.75, 3.05) is 25.4 Å². The second-order valence-electron chi connectivity index (χ2n) is 8.54. The summed E-state index contributed by atoms with van der Waals surface area (Å²) in [5.74, 6) is -0.783. The molecule has 0 aliphatic carbocycles. The summed E-state index contributed by atoms with van der Waals surface area (Å²) in [7, 11) is 0. The van der Waals surface area contributed by atoms with Crippen molar-refractivity contribution in [3.63, 3.8) is 0 Å². The summed E-state index contributed by atoms with van der Waals surface area (Å²) in [6, 6.07) is 9.99. The summed E-state index contributed by atoms with van der Waals surface area (Å²) >= 11 is 0. The number of imidazole rings is 1. The first-order chi connectivity index (χ1) is 18.2. The van der Waals surface area contributed by atoms with Crippen LogP contribution in [0.25, 0.3) is 33.8 Å². The number of anilines is 1. The fraction of sp³-hybridized carbons (Fsp3) is 0.375. The van der Waals surface area contributed by atoms with Gasteiger partial charge in [-0.05, 0) is 36.6 Å². The van der Waals surface area contributed by atoms with Crippen LogP contribution in [0, 0.1) is 5.92 Å². The van der Waals surface area contributed by atoms with Crippen molar-refractivity contribution < 1.29 is 32.4 Å². The quantitative estimate of drug-likeness (QED) is 0.334. The molecule has 5 rings (SSSR count). The summed E-state index contributed by atoms with van der Waals surface area (Å²) in [5, 5.41) is 18.3. The Balaban J connectivity index is 0.000000426. The van der Waals surface area contributed by atoms with Crippen LogP contribution in [0.1, 0.15) is 19.8 Å². The molecule has 0 amide bonds. The Morgan fingerprint density at radius 1 is 1.26 bits per heavy atom. The standard InChI is InChI=1S/C22H25N7O2.C2HF3O2/c1-2-29-20-16(30-13-14-7-6-10-24-11-14)12-25-17(15-8-4-3-5-9-15)18(20)26-22(29)19-21(23)28-31-27-19;3-2(4,5)1(6)7/h3-5,8-9,12,14,24H,2,6-7,10-11,13H2,1H3,(H2,23,28);(H,6,7). The van der Waals surface area contributed by atoms with Crippen molar-refractivity contribution in [2.24, 2.45) is 5.92 Å². The van der Waals surface area contributed by atoms with Crippen molar-refractivity contribution in [3.05, 3.63) is 36.5 Å². The second-order valence-corrected chi connectivity index (χ2v) is 8.54. The van der Waals surface area contributed by atoms with Crippen LogP contribution in [0.15, 0.2) is 41.2 Å². The largest absolute Gasteiger partial charge is 0.490 e. The van der Waals surface area contributed by atoms with Gasteiger partial charge in [-0.3, -0.25) is 0 Å². The summed E-state index contributed by atoms with van der Waals surface area (Å²) < 4.78 is 44.9. The number of aliphatic carboxylic acids is 1. The smallest absolute Gasteiger partial charge is 0.489 e. The van der Waals surface area contributed by atoms with Crippen LogP contribution in [0.4, 0.5) is 19.0 Å². The van der Waals surface area contributed by atoms with Crippen molar-refractivity contribution in [3.8, 4) is 28.5 Å². The molecule has 4 heterocycles. The fourth-order valence-corrected chi connectivity index (χ4v) is 4.14. The zero-order chi connectivity index (χ0) is 27.3.